The van der Waals surface area contributed by atoms with Crippen LogP contribution in [-0.2, 0) is 0 Å². The Morgan fingerprint density at radius 3 is 2.63 bits per heavy atom. The second-order valence-corrected chi connectivity index (χ2v) is 4.96. The molecule has 1 heterocycles. The van der Waals surface area contributed by atoms with Crippen LogP contribution in [0, 0.1) is 5.92 Å². The van der Waals surface area contributed by atoms with E-state index in [9.17, 15) is 4.79 Å². The lowest BCUT2D eigenvalue weighted by atomic mass is 10.1. The van der Waals surface area contributed by atoms with E-state index < -0.39 is 0 Å². The van der Waals surface area contributed by atoms with Gasteiger partial charge in [0.15, 0.2) is 0 Å². The van der Waals surface area contributed by atoms with Crippen LogP contribution in [0.2, 0.25) is 0 Å². The molecule has 1 rings (SSSR count). The SMILES string of the molecule is CCNc1cnc(C(=O)NCCCCC(C)C)cn1. The Labute approximate surface area is 115 Å². The van der Waals surface area contributed by atoms with Crippen LogP contribution >= 0.6 is 0 Å². The van der Waals surface area contributed by atoms with Crippen LogP contribution in [-0.4, -0.2) is 29.0 Å². The fraction of sp³-hybridized carbons (Fsp3) is 0.643. The first-order valence-electron chi connectivity index (χ1n) is 6.97. The number of nitrogens with one attached hydrogen (secondary N) is 2. The van der Waals surface area contributed by atoms with Crippen LogP contribution in [0.5, 0.6) is 0 Å². The van der Waals surface area contributed by atoms with E-state index in [1.165, 1.54) is 12.6 Å². The Morgan fingerprint density at radius 1 is 1.26 bits per heavy atom. The molecule has 1 amide bonds. The van der Waals surface area contributed by atoms with Gasteiger partial charge in [0.05, 0.1) is 12.4 Å². The maximum Gasteiger partial charge on any atom is 0.271 e. The summed E-state index contributed by atoms with van der Waals surface area (Å²) in [6, 6.07) is 0. The summed E-state index contributed by atoms with van der Waals surface area (Å²) in [5.74, 6) is 1.26. The largest absolute Gasteiger partial charge is 0.369 e. The molecule has 1 aromatic heterocycles. The smallest absolute Gasteiger partial charge is 0.271 e. The average molecular weight is 264 g/mol. The van der Waals surface area contributed by atoms with Crippen molar-refractivity contribution in [2.45, 2.75) is 40.0 Å². The molecule has 0 atom stereocenters. The van der Waals surface area contributed by atoms with Gasteiger partial charge in [-0.1, -0.05) is 26.7 Å². The van der Waals surface area contributed by atoms with Crippen LogP contribution in [0.4, 0.5) is 5.82 Å². The van der Waals surface area contributed by atoms with Crippen molar-refractivity contribution in [3.63, 3.8) is 0 Å². The normalized spacial score (nSPS) is 10.5. The van der Waals surface area contributed by atoms with Gasteiger partial charge in [0.25, 0.3) is 5.91 Å². The third kappa shape index (κ3) is 6.18. The molecule has 0 saturated carbocycles. The minimum atomic E-state index is -0.153. The molecule has 0 saturated heterocycles. The first kappa shape index (κ1) is 15.4. The number of rotatable bonds is 8. The highest BCUT2D eigenvalue weighted by Gasteiger charge is 2.06. The van der Waals surface area contributed by atoms with Gasteiger partial charge in [0.1, 0.15) is 11.5 Å². The topological polar surface area (TPSA) is 66.9 Å². The van der Waals surface area contributed by atoms with E-state index in [-0.39, 0.29) is 5.91 Å². The maximum atomic E-state index is 11.8. The van der Waals surface area contributed by atoms with Gasteiger partial charge in [-0.2, -0.15) is 0 Å². The summed E-state index contributed by atoms with van der Waals surface area (Å²) >= 11 is 0. The summed E-state index contributed by atoms with van der Waals surface area (Å²) in [4.78, 5) is 20.0. The Balaban J connectivity index is 2.29. The summed E-state index contributed by atoms with van der Waals surface area (Å²) in [5, 5.41) is 5.90. The number of hydrogen-bond donors (Lipinski definition) is 2. The molecular formula is C14H24N4O. The zero-order valence-corrected chi connectivity index (χ0v) is 12.1. The molecular weight excluding hydrogens is 240 g/mol. The predicted molar refractivity (Wildman–Crippen MR) is 77.2 cm³/mol. The molecule has 19 heavy (non-hydrogen) atoms. The molecule has 0 fully saturated rings. The first-order chi connectivity index (χ1) is 9.13. The molecule has 106 valence electrons. The fourth-order valence-corrected chi connectivity index (χ4v) is 1.69. The number of anilines is 1. The van der Waals surface area contributed by atoms with Crippen molar-refractivity contribution >= 4 is 11.7 Å². The molecule has 0 radical (unpaired) electrons. The number of unbranched alkanes of at least 4 members (excludes halogenated alkanes) is 1. The Hall–Kier alpha value is -1.65. The van der Waals surface area contributed by atoms with Crippen LogP contribution in [0.15, 0.2) is 12.4 Å². The molecule has 0 aliphatic carbocycles. The lowest BCUT2D eigenvalue weighted by Crippen LogP contribution is -2.25. The van der Waals surface area contributed by atoms with Gasteiger partial charge in [-0.3, -0.25) is 4.79 Å². The minimum absolute atomic E-state index is 0.153. The number of nitrogens with zero attached hydrogens (tertiary/aromatic N) is 2. The molecule has 0 aliphatic rings. The van der Waals surface area contributed by atoms with E-state index in [1.54, 1.807) is 6.20 Å². The second kappa shape index (κ2) is 8.45. The Kier molecular flexibility index (Phi) is 6.85. The second-order valence-electron chi connectivity index (χ2n) is 4.96. The van der Waals surface area contributed by atoms with Crippen molar-refractivity contribution in [3.05, 3.63) is 18.1 Å². The summed E-state index contributed by atoms with van der Waals surface area (Å²) in [6.45, 7) is 7.89. The summed E-state index contributed by atoms with van der Waals surface area (Å²) < 4.78 is 0. The molecule has 1 aromatic rings. The third-order valence-electron chi connectivity index (χ3n) is 2.74. The first-order valence-corrected chi connectivity index (χ1v) is 6.97. The van der Waals surface area contributed by atoms with E-state index in [1.807, 2.05) is 6.92 Å². The van der Waals surface area contributed by atoms with Crippen molar-refractivity contribution in [3.8, 4) is 0 Å². The quantitative estimate of drug-likeness (QED) is 0.708. The summed E-state index contributed by atoms with van der Waals surface area (Å²) in [5.41, 5.74) is 0.366. The van der Waals surface area contributed by atoms with E-state index >= 15 is 0 Å². The van der Waals surface area contributed by atoms with Crippen LogP contribution < -0.4 is 10.6 Å². The van der Waals surface area contributed by atoms with Crippen molar-refractivity contribution in [1.82, 2.24) is 15.3 Å². The highest BCUT2D eigenvalue weighted by atomic mass is 16.1. The van der Waals surface area contributed by atoms with Gasteiger partial charge in [0, 0.05) is 13.1 Å². The number of hydrogen-bond acceptors (Lipinski definition) is 4. The van der Waals surface area contributed by atoms with E-state index in [0.717, 1.165) is 25.3 Å². The molecule has 0 spiro atoms. The lowest BCUT2D eigenvalue weighted by Gasteiger charge is -2.06. The van der Waals surface area contributed by atoms with Gasteiger partial charge in [-0.15, -0.1) is 0 Å². The maximum absolute atomic E-state index is 11.8. The van der Waals surface area contributed by atoms with Crippen molar-refractivity contribution < 1.29 is 4.79 Å². The highest BCUT2D eigenvalue weighted by molar-refractivity contribution is 5.91. The standard InChI is InChI=1S/C14H24N4O/c1-4-15-13-10-17-12(9-18-13)14(19)16-8-6-5-7-11(2)3/h9-11H,4-8H2,1-3H3,(H,15,18)(H,16,19). The van der Waals surface area contributed by atoms with E-state index in [2.05, 4.69) is 34.4 Å². The predicted octanol–water partition coefficient (Wildman–Crippen LogP) is 2.46. The van der Waals surface area contributed by atoms with Crippen LogP contribution in [0.3, 0.4) is 0 Å². The molecule has 0 aromatic carbocycles. The number of carbonyl (C=O) groups is 1. The monoisotopic (exact) mass is 264 g/mol. The molecule has 5 heteroatoms. The lowest BCUT2D eigenvalue weighted by molar-refractivity contribution is 0.0947. The minimum Gasteiger partial charge on any atom is -0.369 e. The fourth-order valence-electron chi connectivity index (χ4n) is 1.69. The van der Waals surface area contributed by atoms with Gasteiger partial charge in [-0.25, -0.2) is 9.97 Å². The zero-order valence-electron chi connectivity index (χ0n) is 12.1. The molecule has 0 unspecified atom stereocenters. The Bertz CT molecular complexity index is 376. The van der Waals surface area contributed by atoms with Crippen molar-refractivity contribution in [2.24, 2.45) is 5.92 Å². The van der Waals surface area contributed by atoms with Crippen LogP contribution in [0.25, 0.3) is 0 Å². The van der Waals surface area contributed by atoms with Gasteiger partial charge < -0.3 is 10.6 Å². The highest BCUT2D eigenvalue weighted by Crippen LogP contribution is 2.05. The molecule has 2 N–H and O–H groups in total. The van der Waals surface area contributed by atoms with E-state index in [0.29, 0.717) is 18.1 Å². The zero-order chi connectivity index (χ0) is 14.1. The Morgan fingerprint density at radius 2 is 2.05 bits per heavy atom. The summed E-state index contributed by atoms with van der Waals surface area (Å²) in [7, 11) is 0. The molecule has 0 aliphatic heterocycles. The number of aromatic nitrogens is 2. The van der Waals surface area contributed by atoms with Crippen molar-refractivity contribution in [2.75, 3.05) is 18.4 Å². The third-order valence-corrected chi connectivity index (χ3v) is 2.74. The average Bonchev–Trinajstić information content (AvgIpc) is 2.39. The molecule has 0 bridgehead atoms. The van der Waals surface area contributed by atoms with Crippen molar-refractivity contribution in [1.29, 1.82) is 0 Å². The number of carbonyl (C=O) groups excluding carboxylic acids is 1. The van der Waals surface area contributed by atoms with E-state index in [4.69, 9.17) is 0 Å². The van der Waals surface area contributed by atoms with Gasteiger partial charge >= 0.3 is 0 Å². The van der Waals surface area contributed by atoms with Gasteiger partial charge in [0.2, 0.25) is 0 Å². The van der Waals surface area contributed by atoms with Gasteiger partial charge in [-0.05, 0) is 19.3 Å². The summed E-state index contributed by atoms with van der Waals surface area (Å²) in [6.07, 6.45) is 6.43. The molecule has 5 nitrogen and oxygen atoms in total. The van der Waals surface area contributed by atoms with Crippen LogP contribution in [0.1, 0.15) is 50.5 Å². The number of amides is 1.